The molecule has 100 valence electrons. The molecule has 0 aliphatic carbocycles. The van der Waals surface area contributed by atoms with Crippen molar-refractivity contribution in [3.63, 3.8) is 0 Å². The van der Waals surface area contributed by atoms with Gasteiger partial charge in [0.05, 0.1) is 13.2 Å². The summed E-state index contributed by atoms with van der Waals surface area (Å²) in [6.07, 6.45) is -0.469. The van der Waals surface area contributed by atoms with E-state index in [1.807, 2.05) is 49.4 Å². The SMILES string of the molecule is COc1cc(C)ccc1Oc1ccc(C(C)O)cc1. The first-order valence-corrected chi connectivity index (χ1v) is 6.20. The van der Waals surface area contributed by atoms with E-state index < -0.39 is 6.10 Å². The van der Waals surface area contributed by atoms with Gasteiger partial charge in [-0.2, -0.15) is 0 Å². The van der Waals surface area contributed by atoms with Crippen molar-refractivity contribution in [2.75, 3.05) is 7.11 Å². The van der Waals surface area contributed by atoms with Gasteiger partial charge in [-0.15, -0.1) is 0 Å². The topological polar surface area (TPSA) is 38.7 Å². The number of rotatable bonds is 4. The summed E-state index contributed by atoms with van der Waals surface area (Å²) in [5.41, 5.74) is 1.98. The highest BCUT2D eigenvalue weighted by atomic mass is 16.5. The standard InChI is InChI=1S/C16H18O3/c1-11-4-9-15(16(10-11)18-3)19-14-7-5-13(6-8-14)12(2)17/h4-10,12,17H,1-3H3. The Morgan fingerprint density at radius 3 is 2.26 bits per heavy atom. The van der Waals surface area contributed by atoms with Crippen molar-refractivity contribution in [2.24, 2.45) is 0 Å². The third kappa shape index (κ3) is 3.26. The van der Waals surface area contributed by atoms with Crippen LogP contribution in [0, 0.1) is 6.92 Å². The smallest absolute Gasteiger partial charge is 0.169 e. The number of aliphatic hydroxyl groups is 1. The first kappa shape index (κ1) is 13.4. The normalized spacial score (nSPS) is 12.0. The molecule has 0 fully saturated rings. The zero-order valence-electron chi connectivity index (χ0n) is 11.4. The average molecular weight is 258 g/mol. The van der Waals surface area contributed by atoms with Crippen molar-refractivity contribution in [3.8, 4) is 17.2 Å². The van der Waals surface area contributed by atoms with Crippen LogP contribution in [0.5, 0.6) is 17.2 Å². The summed E-state index contributed by atoms with van der Waals surface area (Å²) in [4.78, 5) is 0. The molecule has 2 aromatic carbocycles. The number of benzene rings is 2. The maximum atomic E-state index is 9.46. The third-order valence-electron chi connectivity index (χ3n) is 2.91. The van der Waals surface area contributed by atoms with Crippen LogP contribution < -0.4 is 9.47 Å². The van der Waals surface area contributed by atoms with Gasteiger partial charge < -0.3 is 14.6 Å². The molecule has 3 nitrogen and oxygen atoms in total. The lowest BCUT2D eigenvalue weighted by Crippen LogP contribution is -1.93. The second-order valence-electron chi connectivity index (χ2n) is 4.50. The van der Waals surface area contributed by atoms with Gasteiger partial charge in [0.15, 0.2) is 11.5 Å². The van der Waals surface area contributed by atoms with Gasteiger partial charge in [0.2, 0.25) is 0 Å². The molecule has 2 rings (SSSR count). The zero-order chi connectivity index (χ0) is 13.8. The van der Waals surface area contributed by atoms with Crippen molar-refractivity contribution < 1.29 is 14.6 Å². The van der Waals surface area contributed by atoms with Crippen LogP contribution in [0.25, 0.3) is 0 Å². The molecule has 3 heteroatoms. The maximum absolute atomic E-state index is 9.46. The predicted molar refractivity (Wildman–Crippen MR) is 74.9 cm³/mol. The van der Waals surface area contributed by atoms with Crippen molar-refractivity contribution in [2.45, 2.75) is 20.0 Å². The van der Waals surface area contributed by atoms with Crippen LogP contribution in [0.1, 0.15) is 24.2 Å². The molecule has 0 aromatic heterocycles. The highest BCUT2D eigenvalue weighted by Gasteiger charge is 2.06. The molecule has 0 spiro atoms. The Balaban J connectivity index is 2.21. The summed E-state index contributed by atoms with van der Waals surface area (Å²) in [6, 6.07) is 13.2. The highest BCUT2D eigenvalue weighted by molar-refractivity contribution is 5.45. The number of hydrogen-bond acceptors (Lipinski definition) is 3. The second-order valence-corrected chi connectivity index (χ2v) is 4.50. The number of ether oxygens (including phenoxy) is 2. The fourth-order valence-corrected chi connectivity index (χ4v) is 1.80. The maximum Gasteiger partial charge on any atom is 0.169 e. The quantitative estimate of drug-likeness (QED) is 0.905. The number of methoxy groups -OCH3 is 1. The first-order chi connectivity index (χ1) is 9.10. The average Bonchev–Trinajstić information content (AvgIpc) is 2.41. The number of aryl methyl sites for hydroxylation is 1. The van der Waals surface area contributed by atoms with E-state index >= 15 is 0 Å². The first-order valence-electron chi connectivity index (χ1n) is 6.20. The fraction of sp³-hybridized carbons (Fsp3) is 0.250. The molecule has 0 saturated heterocycles. The van der Waals surface area contributed by atoms with E-state index in [1.54, 1.807) is 14.0 Å². The summed E-state index contributed by atoms with van der Waals surface area (Å²) < 4.78 is 11.1. The van der Waals surface area contributed by atoms with Crippen LogP contribution in [-0.2, 0) is 0 Å². The van der Waals surface area contributed by atoms with Gasteiger partial charge in [-0.1, -0.05) is 18.2 Å². The van der Waals surface area contributed by atoms with E-state index in [4.69, 9.17) is 9.47 Å². The lowest BCUT2D eigenvalue weighted by Gasteiger charge is -2.12. The summed E-state index contributed by atoms with van der Waals surface area (Å²) in [6.45, 7) is 3.74. The Morgan fingerprint density at radius 1 is 1.00 bits per heavy atom. The zero-order valence-corrected chi connectivity index (χ0v) is 11.4. The summed E-state index contributed by atoms with van der Waals surface area (Å²) >= 11 is 0. The molecular weight excluding hydrogens is 240 g/mol. The Kier molecular flexibility index (Phi) is 4.07. The van der Waals surface area contributed by atoms with Crippen LogP contribution in [-0.4, -0.2) is 12.2 Å². The van der Waals surface area contributed by atoms with Gasteiger partial charge in [-0.05, 0) is 49.2 Å². The van der Waals surface area contributed by atoms with Crippen molar-refractivity contribution in [1.29, 1.82) is 0 Å². The molecule has 2 aromatic rings. The number of hydrogen-bond donors (Lipinski definition) is 1. The summed E-state index contributed by atoms with van der Waals surface area (Å²) in [7, 11) is 1.62. The lowest BCUT2D eigenvalue weighted by molar-refractivity contribution is 0.199. The van der Waals surface area contributed by atoms with E-state index in [0.29, 0.717) is 17.2 Å². The largest absolute Gasteiger partial charge is 0.493 e. The Labute approximate surface area is 113 Å². The molecule has 19 heavy (non-hydrogen) atoms. The molecule has 0 heterocycles. The Morgan fingerprint density at radius 2 is 1.68 bits per heavy atom. The van der Waals surface area contributed by atoms with E-state index in [1.165, 1.54) is 0 Å². The van der Waals surface area contributed by atoms with Gasteiger partial charge in [0.25, 0.3) is 0 Å². The van der Waals surface area contributed by atoms with Gasteiger partial charge in [-0.3, -0.25) is 0 Å². The van der Waals surface area contributed by atoms with Crippen LogP contribution in [0.3, 0.4) is 0 Å². The molecule has 0 saturated carbocycles. The molecule has 1 N–H and O–H groups in total. The fourth-order valence-electron chi connectivity index (χ4n) is 1.80. The molecule has 1 atom stereocenters. The molecule has 0 radical (unpaired) electrons. The third-order valence-corrected chi connectivity index (χ3v) is 2.91. The second kappa shape index (κ2) is 5.76. The number of aliphatic hydroxyl groups excluding tert-OH is 1. The highest BCUT2D eigenvalue weighted by Crippen LogP contribution is 2.32. The van der Waals surface area contributed by atoms with Crippen LogP contribution in [0.4, 0.5) is 0 Å². The molecule has 1 unspecified atom stereocenters. The molecule has 0 aliphatic rings. The van der Waals surface area contributed by atoms with E-state index in [-0.39, 0.29) is 0 Å². The van der Waals surface area contributed by atoms with E-state index in [9.17, 15) is 5.11 Å². The molecule has 0 bridgehead atoms. The lowest BCUT2D eigenvalue weighted by atomic mass is 10.1. The summed E-state index contributed by atoms with van der Waals surface area (Å²) in [5.74, 6) is 2.10. The minimum atomic E-state index is -0.469. The van der Waals surface area contributed by atoms with Crippen LogP contribution >= 0.6 is 0 Å². The minimum Gasteiger partial charge on any atom is -0.493 e. The van der Waals surface area contributed by atoms with E-state index in [2.05, 4.69) is 0 Å². The summed E-state index contributed by atoms with van der Waals surface area (Å²) in [5, 5.41) is 9.46. The Hall–Kier alpha value is -2.00. The van der Waals surface area contributed by atoms with E-state index in [0.717, 1.165) is 11.1 Å². The Bertz CT molecular complexity index is 544. The van der Waals surface area contributed by atoms with Gasteiger partial charge in [-0.25, -0.2) is 0 Å². The molecule has 0 amide bonds. The van der Waals surface area contributed by atoms with Crippen molar-refractivity contribution in [3.05, 3.63) is 53.6 Å². The van der Waals surface area contributed by atoms with Gasteiger partial charge >= 0.3 is 0 Å². The molecular formula is C16H18O3. The monoisotopic (exact) mass is 258 g/mol. The van der Waals surface area contributed by atoms with Crippen LogP contribution in [0.15, 0.2) is 42.5 Å². The van der Waals surface area contributed by atoms with Crippen molar-refractivity contribution in [1.82, 2.24) is 0 Å². The predicted octanol–water partition coefficient (Wildman–Crippen LogP) is 3.85. The van der Waals surface area contributed by atoms with Crippen LogP contribution in [0.2, 0.25) is 0 Å². The van der Waals surface area contributed by atoms with Gasteiger partial charge in [0.1, 0.15) is 5.75 Å². The van der Waals surface area contributed by atoms with Gasteiger partial charge in [0, 0.05) is 0 Å². The molecule has 0 aliphatic heterocycles. The van der Waals surface area contributed by atoms with Crippen molar-refractivity contribution >= 4 is 0 Å². The minimum absolute atomic E-state index is 0.469.